The zero-order valence-corrected chi connectivity index (χ0v) is 15.4. The summed E-state index contributed by atoms with van der Waals surface area (Å²) in [5.74, 6) is 0.864. The molecule has 3 rings (SSSR count). The summed E-state index contributed by atoms with van der Waals surface area (Å²) >= 11 is 2.96. The first-order valence-electron chi connectivity index (χ1n) is 7.88. The van der Waals surface area contributed by atoms with Crippen molar-refractivity contribution in [3.05, 3.63) is 58.0 Å². The molecule has 0 fully saturated rings. The number of carbonyl (C=O) groups is 1. The van der Waals surface area contributed by atoms with E-state index in [1.807, 2.05) is 53.9 Å². The van der Waals surface area contributed by atoms with Crippen LogP contribution in [0.4, 0.5) is 5.69 Å². The Kier molecular flexibility index (Phi) is 6.03. The molecule has 3 aromatic rings. The van der Waals surface area contributed by atoms with Gasteiger partial charge in [-0.3, -0.25) is 9.89 Å². The smallest absolute Gasteiger partial charge is 0.234 e. The maximum absolute atomic E-state index is 12.0. The molecule has 0 saturated carbocycles. The van der Waals surface area contributed by atoms with Gasteiger partial charge in [-0.15, -0.1) is 16.4 Å². The van der Waals surface area contributed by atoms with E-state index in [1.165, 1.54) is 17.3 Å². The van der Waals surface area contributed by atoms with Gasteiger partial charge in [0.05, 0.1) is 5.75 Å². The van der Waals surface area contributed by atoms with Crippen LogP contribution in [0.5, 0.6) is 0 Å². The third kappa shape index (κ3) is 5.30. The summed E-state index contributed by atoms with van der Waals surface area (Å²) in [5.41, 5.74) is 2.05. The van der Waals surface area contributed by atoms with E-state index >= 15 is 0 Å². The molecule has 25 heavy (non-hydrogen) atoms. The van der Waals surface area contributed by atoms with Crippen LogP contribution in [-0.4, -0.2) is 26.8 Å². The highest BCUT2D eigenvalue weighted by atomic mass is 32.2. The van der Waals surface area contributed by atoms with Gasteiger partial charge in [-0.2, -0.15) is 0 Å². The largest absolute Gasteiger partial charge is 0.325 e. The van der Waals surface area contributed by atoms with Crippen LogP contribution in [0.1, 0.15) is 23.2 Å². The Hall–Kier alpha value is -2.38. The zero-order valence-electron chi connectivity index (χ0n) is 13.7. The number of aromatic nitrogens is 3. The highest BCUT2D eigenvalue weighted by Gasteiger charge is 2.07. The van der Waals surface area contributed by atoms with Gasteiger partial charge in [0.2, 0.25) is 11.1 Å². The maximum Gasteiger partial charge on any atom is 0.234 e. The minimum absolute atomic E-state index is 0.0743. The lowest BCUT2D eigenvalue weighted by molar-refractivity contribution is -0.113. The van der Waals surface area contributed by atoms with E-state index in [4.69, 9.17) is 0 Å². The second kappa shape index (κ2) is 8.64. The molecule has 0 saturated heterocycles. The molecule has 2 N–H and O–H groups in total. The van der Waals surface area contributed by atoms with E-state index in [1.54, 1.807) is 11.3 Å². The average molecular weight is 371 g/mol. The summed E-state index contributed by atoms with van der Waals surface area (Å²) < 4.78 is 0. The highest BCUT2D eigenvalue weighted by Crippen LogP contribution is 2.16. The molecule has 0 aliphatic carbocycles. The van der Waals surface area contributed by atoms with Gasteiger partial charge in [-0.25, -0.2) is 4.98 Å². The first-order valence-corrected chi connectivity index (χ1v) is 9.75. The van der Waals surface area contributed by atoms with E-state index in [-0.39, 0.29) is 11.7 Å². The number of carbonyl (C=O) groups excluding carboxylic acids is 1. The van der Waals surface area contributed by atoms with Crippen molar-refractivity contribution in [2.45, 2.75) is 18.5 Å². The number of thiophene rings is 1. The number of hydrogen-bond donors (Lipinski definition) is 2. The Labute approximate surface area is 154 Å². The molecule has 0 bridgehead atoms. The molecule has 0 radical (unpaired) electrons. The van der Waals surface area contributed by atoms with Gasteiger partial charge in [0.15, 0.2) is 0 Å². The second-order valence-electron chi connectivity index (χ2n) is 5.24. The molecule has 5 nitrogen and oxygen atoms in total. The van der Waals surface area contributed by atoms with E-state index < -0.39 is 0 Å². The molecular weight excluding hydrogens is 352 g/mol. The molecule has 1 aromatic carbocycles. The number of hydrogen-bond acceptors (Lipinski definition) is 5. The van der Waals surface area contributed by atoms with Crippen molar-refractivity contribution in [3.63, 3.8) is 0 Å². The molecule has 7 heteroatoms. The summed E-state index contributed by atoms with van der Waals surface area (Å²) in [5, 5.41) is 12.4. The third-order valence-electron chi connectivity index (χ3n) is 3.41. The molecule has 0 aliphatic heterocycles. The normalized spacial score (nSPS) is 11.1. The first-order chi connectivity index (χ1) is 12.2. The Morgan fingerprint density at radius 1 is 1.28 bits per heavy atom. The third-order valence-corrected chi connectivity index (χ3v) is 5.09. The topological polar surface area (TPSA) is 70.7 Å². The number of nitrogens with one attached hydrogen (secondary N) is 2. The van der Waals surface area contributed by atoms with Crippen molar-refractivity contribution in [2.75, 3.05) is 11.1 Å². The lowest BCUT2D eigenvalue weighted by atomic mass is 10.1. The van der Waals surface area contributed by atoms with Gasteiger partial charge in [0, 0.05) is 10.6 Å². The van der Waals surface area contributed by atoms with Crippen molar-refractivity contribution >= 4 is 46.8 Å². The van der Waals surface area contributed by atoms with Crippen molar-refractivity contribution < 1.29 is 4.79 Å². The van der Waals surface area contributed by atoms with Gasteiger partial charge in [-0.1, -0.05) is 36.9 Å². The van der Waals surface area contributed by atoms with Gasteiger partial charge in [-0.05, 0) is 47.7 Å². The molecular formula is C18H18N4OS2. The molecule has 1 amide bonds. The van der Waals surface area contributed by atoms with Crippen LogP contribution in [-0.2, 0) is 11.2 Å². The van der Waals surface area contributed by atoms with Crippen LogP contribution in [0.15, 0.2) is 46.9 Å². The lowest BCUT2D eigenvalue weighted by Gasteiger charge is -2.04. The lowest BCUT2D eigenvalue weighted by Crippen LogP contribution is -2.14. The fourth-order valence-electron chi connectivity index (χ4n) is 2.10. The predicted molar refractivity (Wildman–Crippen MR) is 105 cm³/mol. The number of amides is 1. The number of anilines is 1. The van der Waals surface area contributed by atoms with Crippen LogP contribution in [0.25, 0.3) is 12.2 Å². The van der Waals surface area contributed by atoms with E-state index in [9.17, 15) is 4.79 Å². The number of benzene rings is 1. The molecule has 0 unspecified atom stereocenters. The van der Waals surface area contributed by atoms with Crippen LogP contribution in [0, 0.1) is 0 Å². The average Bonchev–Trinajstić information content (AvgIpc) is 3.30. The van der Waals surface area contributed by atoms with Gasteiger partial charge in [0.25, 0.3) is 0 Å². The van der Waals surface area contributed by atoms with Gasteiger partial charge >= 0.3 is 0 Å². The minimum atomic E-state index is -0.0743. The van der Waals surface area contributed by atoms with Crippen LogP contribution >= 0.6 is 23.1 Å². The number of H-pyrrole nitrogens is 1. The SMILES string of the molecule is CCc1ccc(NC(=O)CSc2n[nH]c(/C=C/c3cccs3)n2)cc1. The monoisotopic (exact) mass is 370 g/mol. The summed E-state index contributed by atoms with van der Waals surface area (Å²) in [7, 11) is 0. The zero-order chi connectivity index (χ0) is 17.5. The summed E-state index contributed by atoms with van der Waals surface area (Å²) in [6.45, 7) is 2.10. The number of aryl methyl sites for hydroxylation is 1. The Morgan fingerprint density at radius 3 is 2.84 bits per heavy atom. The summed E-state index contributed by atoms with van der Waals surface area (Å²) in [6.07, 6.45) is 4.84. The van der Waals surface area contributed by atoms with E-state index in [2.05, 4.69) is 27.4 Å². The van der Waals surface area contributed by atoms with Crippen LogP contribution in [0.2, 0.25) is 0 Å². The number of rotatable bonds is 7. The quantitative estimate of drug-likeness (QED) is 0.607. The predicted octanol–water partition coefficient (Wildman–Crippen LogP) is 4.33. The molecule has 0 spiro atoms. The number of thioether (sulfide) groups is 1. The molecule has 2 aromatic heterocycles. The minimum Gasteiger partial charge on any atom is -0.325 e. The van der Waals surface area contributed by atoms with Gasteiger partial charge < -0.3 is 5.32 Å². The van der Waals surface area contributed by atoms with Gasteiger partial charge in [0.1, 0.15) is 5.82 Å². The number of nitrogens with zero attached hydrogens (tertiary/aromatic N) is 2. The summed E-state index contributed by atoms with van der Waals surface area (Å²) in [6, 6.07) is 11.9. The van der Waals surface area contributed by atoms with Crippen molar-refractivity contribution in [1.29, 1.82) is 0 Å². The molecule has 0 aliphatic rings. The standard InChI is InChI=1S/C18H18N4OS2/c1-2-13-5-7-14(8-6-13)19-17(23)12-25-18-20-16(21-22-18)10-9-15-4-3-11-24-15/h3-11H,2,12H2,1H3,(H,19,23)(H,20,21,22)/b10-9+. The fourth-order valence-corrected chi connectivity index (χ4v) is 3.32. The van der Waals surface area contributed by atoms with E-state index in [0.29, 0.717) is 11.0 Å². The van der Waals surface area contributed by atoms with Crippen molar-refractivity contribution in [3.8, 4) is 0 Å². The maximum atomic E-state index is 12.0. The second-order valence-corrected chi connectivity index (χ2v) is 7.16. The van der Waals surface area contributed by atoms with Crippen molar-refractivity contribution in [2.24, 2.45) is 0 Å². The van der Waals surface area contributed by atoms with Crippen molar-refractivity contribution in [1.82, 2.24) is 15.2 Å². The van der Waals surface area contributed by atoms with Crippen LogP contribution in [0.3, 0.4) is 0 Å². The van der Waals surface area contributed by atoms with Crippen LogP contribution < -0.4 is 5.32 Å². The molecule has 2 heterocycles. The van der Waals surface area contributed by atoms with E-state index in [0.717, 1.165) is 17.0 Å². The highest BCUT2D eigenvalue weighted by molar-refractivity contribution is 7.99. The summed E-state index contributed by atoms with van der Waals surface area (Å²) in [4.78, 5) is 17.5. The Bertz CT molecular complexity index is 838. The molecule has 128 valence electrons. The Balaban J connectivity index is 1.48. The Morgan fingerprint density at radius 2 is 2.12 bits per heavy atom. The fraction of sp³-hybridized carbons (Fsp3) is 0.167. The first kappa shape index (κ1) is 17.4. The number of aromatic amines is 1. The molecule has 0 atom stereocenters.